The molecule has 0 aromatic heterocycles. The summed E-state index contributed by atoms with van der Waals surface area (Å²) in [4.78, 5) is 11.2. The Bertz CT molecular complexity index is 380. The van der Waals surface area contributed by atoms with E-state index in [2.05, 4.69) is 0 Å². The molecule has 0 bridgehead atoms. The molecule has 0 atom stereocenters. The number of rotatable bonds is 3. The maximum atomic E-state index is 12.7. The van der Waals surface area contributed by atoms with Crippen LogP contribution in [0.4, 0.5) is 4.39 Å². The fraction of sp³-hybridized carbons (Fsp3) is 0.417. The van der Waals surface area contributed by atoms with E-state index in [1.165, 1.54) is 24.3 Å². The summed E-state index contributed by atoms with van der Waals surface area (Å²) in [6.07, 6.45) is 2.74. The summed E-state index contributed by atoms with van der Waals surface area (Å²) in [5, 5.41) is 9.18. The SMILES string of the molecule is O=C(O)C1(Oc2ccc(F)cc2)CCCC1. The van der Waals surface area contributed by atoms with Gasteiger partial charge < -0.3 is 9.84 Å². The van der Waals surface area contributed by atoms with Gasteiger partial charge in [0.1, 0.15) is 11.6 Å². The van der Waals surface area contributed by atoms with Crippen molar-refractivity contribution in [3.63, 3.8) is 0 Å². The highest BCUT2D eigenvalue weighted by molar-refractivity contribution is 5.78. The van der Waals surface area contributed by atoms with Crippen LogP contribution in [0.2, 0.25) is 0 Å². The number of carboxylic acid groups (broad SMARTS) is 1. The zero-order chi connectivity index (χ0) is 11.6. The molecule has 0 spiro atoms. The molecule has 1 aromatic rings. The lowest BCUT2D eigenvalue weighted by molar-refractivity contribution is -0.154. The molecular formula is C12H13FO3. The van der Waals surface area contributed by atoms with Gasteiger partial charge in [-0.1, -0.05) is 0 Å². The number of carboxylic acids is 1. The van der Waals surface area contributed by atoms with Gasteiger partial charge in [-0.25, -0.2) is 9.18 Å². The van der Waals surface area contributed by atoms with Gasteiger partial charge in [-0.3, -0.25) is 0 Å². The largest absolute Gasteiger partial charge is 0.478 e. The Morgan fingerprint density at radius 2 is 1.81 bits per heavy atom. The minimum Gasteiger partial charge on any atom is -0.478 e. The predicted octanol–water partition coefficient (Wildman–Crippen LogP) is 2.60. The number of ether oxygens (including phenoxy) is 1. The van der Waals surface area contributed by atoms with Crippen molar-refractivity contribution in [1.82, 2.24) is 0 Å². The monoisotopic (exact) mass is 224 g/mol. The first kappa shape index (κ1) is 10.9. The van der Waals surface area contributed by atoms with E-state index in [4.69, 9.17) is 4.74 Å². The van der Waals surface area contributed by atoms with Crippen LogP contribution in [-0.2, 0) is 4.79 Å². The lowest BCUT2D eigenvalue weighted by atomic mass is 10.0. The number of carbonyl (C=O) groups is 1. The Balaban J connectivity index is 2.18. The molecule has 0 heterocycles. The van der Waals surface area contributed by atoms with Crippen molar-refractivity contribution < 1.29 is 19.0 Å². The minimum absolute atomic E-state index is 0.358. The molecule has 2 rings (SSSR count). The van der Waals surface area contributed by atoms with Gasteiger partial charge in [-0.2, -0.15) is 0 Å². The Morgan fingerprint density at radius 3 is 2.31 bits per heavy atom. The molecule has 3 nitrogen and oxygen atoms in total. The Labute approximate surface area is 92.9 Å². The highest BCUT2D eigenvalue weighted by Crippen LogP contribution is 2.34. The third-order valence-corrected chi connectivity index (χ3v) is 2.93. The summed E-state index contributed by atoms with van der Waals surface area (Å²) in [6, 6.07) is 5.44. The van der Waals surface area contributed by atoms with Gasteiger partial charge in [0.05, 0.1) is 0 Å². The second kappa shape index (κ2) is 4.12. The van der Waals surface area contributed by atoms with E-state index in [1.807, 2.05) is 0 Å². The third-order valence-electron chi connectivity index (χ3n) is 2.93. The molecule has 1 N–H and O–H groups in total. The van der Waals surface area contributed by atoms with Crippen molar-refractivity contribution in [3.8, 4) is 5.75 Å². The molecule has 0 saturated heterocycles. The van der Waals surface area contributed by atoms with Gasteiger partial charge in [0.2, 0.25) is 5.60 Å². The van der Waals surface area contributed by atoms with E-state index >= 15 is 0 Å². The molecule has 86 valence electrons. The summed E-state index contributed by atoms with van der Waals surface area (Å²) in [6.45, 7) is 0. The summed E-state index contributed by atoms with van der Waals surface area (Å²) in [5.74, 6) is -0.886. The molecule has 0 unspecified atom stereocenters. The Kier molecular flexibility index (Phi) is 2.81. The topological polar surface area (TPSA) is 46.5 Å². The van der Waals surface area contributed by atoms with E-state index in [-0.39, 0.29) is 5.82 Å². The molecule has 0 aliphatic heterocycles. The van der Waals surface area contributed by atoms with Gasteiger partial charge >= 0.3 is 5.97 Å². The maximum absolute atomic E-state index is 12.7. The van der Waals surface area contributed by atoms with Crippen LogP contribution in [0.3, 0.4) is 0 Å². The highest BCUT2D eigenvalue weighted by atomic mass is 19.1. The molecule has 16 heavy (non-hydrogen) atoms. The molecule has 1 aromatic carbocycles. The molecular weight excluding hydrogens is 211 g/mol. The molecule has 0 amide bonds. The predicted molar refractivity (Wildman–Crippen MR) is 55.9 cm³/mol. The summed E-state index contributed by atoms with van der Waals surface area (Å²) in [7, 11) is 0. The highest BCUT2D eigenvalue weighted by Gasteiger charge is 2.43. The van der Waals surface area contributed by atoms with Crippen molar-refractivity contribution in [2.75, 3.05) is 0 Å². The quantitative estimate of drug-likeness (QED) is 0.858. The second-order valence-corrected chi connectivity index (χ2v) is 4.06. The third kappa shape index (κ3) is 2.01. The average molecular weight is 224 g/mol. The fourth-order valence-corrected chi connectivity index (χ4v) is 2.03. The van der Waals surface area contributed by atoms with Crippen molar-refractivity contribution in [3.05, 3.63) is 30.1 Å². The van der Waals surface area contributed by atoms with E-state index in [0.717, 1.165) is 12.8 Å². The zero-order valence-electron chi connectivity index (χ0n) is 8.78. The second-order valence-electron chi connectivity index (χ2n) is 4.06. The van der Waals surface area contributed by atoms with Crippen LogP contribution in [0.1, 0.15) is 25.7 Å². The van der Waals surface area contributed by atoms with Crippen molar-refractivity contribution >= 4 is 5.97 Å². The van der Waals surface area contributed by atoms with Crippen molar-refractivity contribution in [2.45, 2.75) is 31.3 Å². The number of halogens is 1. The van der Waals surface area contributed by atoms with Gasteiger partial charge in [0.25, 0.3) is 0 Å². The van der Waals surface area contributed by atoms with Gasteiger partial charge in [0.15, 0.2) is 0 Å². The zero-order valence-corrected chi connectivity index (χ0v) is 8.78. The normalized spacial score (nSPS) is 18.3. The van der Waals surface area contributed by atoms with Crippen LogP contribution in [0.5, 0.6) is 5.75 Å². The number of benzene rings is 1. The number of hydrogen-bond donors (Lipinski definition) is 1. The van der Waals surface area contributed by atoms with E-state index in [0.29, 0.717) is 18.6 Å². The summed E-state index contributed by atoms with van der Waals surface area (Å²) >= 11 is 0. The Hall–Kier alpha value is -1.58. The van der Waals surface area contributed by atoms with E-state index in [1.54, 1.807) is 0 Å². The molecule has 1 saturated carbocycles. The van der Waals surface area contributed by atoms with E-state index < -0.39 is 11.6 Å². The van der Waals surface area contributed by atoms with Crippen LogP contribution in [-0.4, -0.2) is 16.7 Å². The smallest absolute Gasteiger partial charge is 0.348 e. The first-order valence-electron chi connectivity index (χ1n) is 5.30. The maximum Gasteiger partial charge on any atom is 0.348 e. The van der Waals surface area contributed by atoms with Crippen LogP contribution in [0.25, 0.3) is 0 Å². The molecule has 0 radical (unpaired) electrons. The molecule has 1 aliphatic rings. The lowest BCUT2D eigenvalue weighted by Gasteiger charge is -2.25. The average Bonchev–Trinajstić information content (AvgIpc) is 2.71. The molecule has 1 aliphatic carbocycles. The number of hydrogen-bond acceptors (Lipinski definition) is 2. The van der Waals surface area contributed by atoms with Crippen molar-refractivity contribution in [2.24, 2.45) is 0 Å². The summed E-state index contributed by atoms with van der Waals surface area (Å²) in [5.41, 5.74) is -1.11. The lowest BCUT2D eigenvalue weighted by Crippen LogP contribution is -2.41. The van der Waals surface area contributed by atoms with Gasteiger partial charge in [0, 0.05) is 0 Å². The van der Waals surface area contributed by atoms with E-state index in [9.17, 15) is 14.3 Å². The van der Waals surface area contributed by atoms with Crippen molar-refractivity contribution in [1.29, 1.82) is 0 Å². The van der Waals surface area contributed by atoms with Gasteiger partial charge in [-0.15, -0.1) is 0 Å². The number of aliphatic carboxylic acids is 1. The first-order valence-corrected chi connectivity index (χ1v) is 5.30. The van der Waals surface area contributed by atoms with Crippen LogP contribution in [0, 0.1) is 5.82 Å². The first-order chi connectivity index (χ1) is 7.62. The van der Waals surface area contributed by atoms with Gasteiger partial charge in [-0.05, 0) is 49.9 Å². The fourth-order valence-electron chi connectivity index (χ4n) is 2.03. The van der Waals surface area contributed by atoms with Crippen LogP contribution in [0.15, 0.2) is 24.3 Å². The van der Waals surface area contributed by atoms with Crippen LogP contribution >= 0.6 is 0 Å². The molecule has 4 heteroatoms. The summed E-state index contributed by atoms with van der Waals surface area (Å²) < 4.78 is 18.2. The van der Waals surface area contributed by atoms with Crippen LogP contribution < -0.4 is 4.74 Å². The standard InChI is InChI=1S/C12H13FO3/c13-9-3-5-10(6-4-9)16-12(11(14)15)7-1-2-8-12/h3-6H,1-2,7-8H2,(H,14,15). The Morgan fingerprint density at radius 1 is 1.25 bits per heavy atom. The molecule has 1 fully saturated rings. The minimum atomic E-state index is -1.11.